The van der Waals surface area contributed by atoms with Gasteiger partial charge in [0.2, 0.25) is 0 Å². The second-order valence-electron chi connectivity index (χ2n) is 8.98. The number of aliphatic hydroxyl groups is 1. The van der Waals surface area contributed by atoms with Crippen molar-refractivity contribution < 1.29 is 76.5 Å². The molecule has 2 heterocycles. The van der Waals surface area contributed by atoms with E-state index < -0.39 is 104 Å². The second kappa shape index (κ2) is 14.9. The zero-order chi connectivity index (χ0) is 30.1. The Morgan fingerprint density at radius 3 is 1.52 bits per heavy atom. The molecule has 1 N–H and O–H groups in total. The minimum atomic E-state index is -1.64. The maximum absolute atomic E-state index is 12.1. The summed E-state index contributed by atoms with van der Waals surface area (Å²) in [5, 5.41) is 10.2. The molecule has 0 aromatic carbocycles. The summed E-state index contributed by atoms with van der Waals surface area (Å²) in [6.45, 7) is 5.62. The molecule has 0 spiro atoms. The maximum Gasteiger partial charge on any atom is 0.303 e. The molecule has 16 heteroatoms. The fourth-order valence-electron chi connectivity index (χ4n) is 4.20. The Morgan fingerprint density at radius 1 is 0.600 bits per heavy atom. The van der Waals surface area contributed by atoms with Gasteiger partial charge in [-0.05, 0) is 0 Å². The Morgan fingerprint density at radius 2 is 1.05 bits per heavy atom. The van der Waals surface area contributed by atoms with E-state index in [4.69, 9.17) is 42.6 Å². The van der Waals surface area contributed by atoms with Crippen LogP contribution in [0.25, 0.3) is 0 Å². The van der Waals surface area contributed by atoms with Crippen LogP contribution in [-0.4, -0.2) is 109 Å². The van der Waals surface area contributed by atoms with Gasteiger partial charge in [0.15, 0.2) is 30.9 Å². The van der Waals surface area contributed by atoms with E-state index in [0.717, 1.165) is 41.5 Å². The van der Waals surface area contributed by atoms with Crippen LogP contribution in [0.4, 0.5) is 0 Å². The summed E-state index contributed by atoms with van der Waals surface area (Å²) >= 11 is 0. The molecule has 0 radical (unpaired) electrons. The Hall–Kier alpha value is -3.34. The highest BCUT2D eigenvalue weighted by molar-refractivity contribution is 5.69. The van der Waals surface area contributed by atoms with Gasteiger partial charge in [0.1, 0.15) is 37.6 Å². The molecule has 0 bridgehead atoms. The Bertz CT molecular complexity index is 949. The summed E-state index contributed by atoms with van der Waals surface area (Å²) in [6, 6.07) is 0. The van der Waals surface area contributed by atoms with Crippen LogP contribution in [0.1, 0.15) is 48.0 Å². The third-order valence-corrected chi connectivity index (χ3v) is 5.51. The van der Waals surface area contributed by atoms with Gasteiger partial charge in [0.25, 0.3) is 0 Å². The van der Waals surface area contributed by atoms with Crippen molar-refractivity contribution in [2.24, 2.45) is 0 Å². The zero-order valence-electron chi connectivity index (χ0n) is 22.9. The van der Waals surface area contributed by atoms with E-state index in [0.29, 0.717) is 0 Å². The quantitative estimate of drug-likeness (QED) is 0.245. The monoisotopic (exact) mass is 578 g/mol. The first-order chi connectivity index (χ1) is 18.7. The number of rotatable bonds is 10. The third kappa shape index (κ3) is 10.0. The van der Waals surface area contributed by atoms with Crippen molar-refractivity contribution in [3.8, 4) is 0 Å². The first-order valence-electron chi connectivity index (χ1n) is 12.3. The smallest absolute Gasteiger partial charge is 0.303 e. The van der Waals surface area contributed by atoms with E-state index in [2.05, 4.69) is 0 Å². The molecule has 2 aliphatic rings. The SMILES string of the molecule is CC(=O)OC[C@H]1O[C@H](O)C[C@@H](OC(C)=O)[C@@H]1O[C@H]1O[C@H](COC(C)=O)[C@@H](OC(C)=O)[C@H](OC(C)=O)[C@H]1OC(C)=O. The van der Waals surface area contributed by atoms with Crippen LogP contribution in [0, 0.1) is 0 Å². The Labute approximate surface area is 229 Å². The van der Waals surface area contributed by atoms with Crippen molar-refractivity contribution in [3.05, 3.63) is 0 Å². The maximum atomic E-state index is 12.1. The van der Waals surface area contributed by atoms with E-state index >= 15 is 0 Å². The standard InChI is InChI=1S/C24H34O16/c1-10(25)32-8-17-20(16(34-12(3)27)7-19(31)38-17)40-24-23(37-15(6)30)22(36-14(5)29)21(35-13(4)28)18(39-24)9-33-11(2)26/h16-24,31H,7-9H2,1-6H3/t16-,17-,18-,19+,20+,21-,22+,23-,24-/m1/s1. The van der Waals surface area contributed by atoms with Crippen LogP contribution in [0.2, 0.25) is 0 Å². The lowest BCUT2D eigenvalue weighted by molar-refractivity contribution is -0.344. The van der Waals surface area contributed by atoms with Gasteiger partial charge in [-0.25, -0.2) is 0 Å². The molecule has 2 fully saturated rings. The van der Waals surface area contributed by atoms with Gasteiger partial charge in [-0.1, -0.05) is 0 Å². The molecule has 40 heavy (non-hydrogen) atoms. The van der Waals surface area contributed by atoms with E-state index in [1.54, 1.807) is 0 Å². The minimum Gasteiger partial charge on any atom is -0.463 e. The first-order valence-corrected chi connectivity index (χ1v) is 12.3. The second-order valence-corrected chi connectivity index (χ2v) is 8.98. The van der Waals surface area contributed by atoms with Crippen LogP contribution in [0.15, 0.2) is 0 Å². The number of aliphatic hydroxyl groups excluding tert-OH is 1. The predicted octanol–water partition coefficient (Wildman–Crippen LogP) is -0.943. The van der Waals surface area contributed by atoms with Crippen molar-refractivity contribution in [2.75, 3.05) is 13.2 Å². The molecule has 2 rings (SSSR count). The molecule has 226 valence electrons. The molecule has 2 aliphatic heterocycles. The topological polar surface area (TPSA) is 206 Å². The average Bonchev–Trinajstić information content (AvgIpc) is 2.80. The summed E-state index contributed by atoms with van der Waals surface area (Å²) in [7, 11) is 0. The fraction of sp³-hybridized carbons (Fsp3) is 0.750. The average molecular weight is 579 g/mol. The van der Waals surface area contributed by atoms with Gasteiger partial charge < -0.3 is 47.7 Å². The van der Waals surface area contributed by atoms with Crippen molar-refractivity contribution in [1.29, 1.82) is 0 Å². The predicted molar refractivity (Wildman–Crippen MR) is 125 cm³/mol. The lowest BCUT2D eigenvalue weighted by atomic mass is 9.97. The zero-order valence-corrected chi connectivity index (χ0v) is 22.9. The van der Waals surface area contributed by atoms with Crippen LogP contribution >= 0.6 is 0 Å². The lowest BCUT2D eigenvalue weighted by Gasteiger charge is -2.47. The molecular formula is C24H34O16. The van der Waals surface area contributed by atoms with Gasteiger partial charge in [-0.2, -0.15) is 0 Å². The van der Waals surface area contributed by atoms with E-state index in [1.165, 1.54) is 0 Å². The van der Waals surface area contributed by atoms with Crippen LogP contribution < -0.4 is 0 Å². The first kappa shape index (κ1) is 32.9. The van der Waals surface area contributed by atoms with Gasteiger partial charge in [-0.15, -0.1) is 0 Å². The Balaban J connectivity index is 2.54. The summed E-state index contributed by atoms with van der Waals surface area (Å²) in [5.41, 5.74) is 0. The minimum absolute atomic E-state index is 0.258. The van der Waals surface area contributed by atoms with Crippen LogP contribution in [0.5, 0.6) is 0 Å². The van der Waals surface area contributed by atoms with Crippen LogP contribution in [0.3, 0.4) is 0 Å². The number of hydrogen-bond donors (Lipinski definition) is 1. The summed E-state index contributed by atoms with van der Waals surface area (Å²) in [5.74, 6) is -4.65. The Kier molecular flexibility index (Phi) is 12.2. The van der Waals surface area contributed by atoms with Crippen LogP contribution in [-0.2, 0) is 71.4 Å². The largest absolute Gasteiger partial charge is 0.463 e. The van der Waals surface area contributed by atoms with Gasteiger partial charge in [-0.3, -0.25) is 28.8 Å². The van der Waals surface area contributed by atoms with E-state index in [9.17, 15) is 33.9 Å². The van der Waals surface area contributed by atoms with Crippen molar-refractivity contribution in [3.63, 3.8) is 0 Å². The van der Waals surface area contributed by atoms with Crippen molar-refractivity contribution >= 4 is 35.8 Å². The molecular weight excluding hydrogens is 544 g/mol. The highest BCUT2D eigenvalue weighted by Crippen LogP contribution is 2.34. The van der Waals surface area contributed by atoms with Gasteiger partial charge >= 0.3 is 35.8 Å². The summed E-state index contributed by atoms with van der Waals surface area (Å²) in [4.78, 5) is 70.8. The molecule has 0 amide bonds. The molecule has 0 unspecified atom stereocenters. The summed E-state index contributed by atoms with van der Waals surface area (Å²) in [6.07, 6.45) is -12.8. The van der Waals surface area contributed by atoms with Crippen molar-refractivity contribution in [1.82, 2.24) is 0 Å². The number of hydrogen-bond acceptors (Lipinski definition) is 16. The molecule has 0 aliphatic carbocycles. The highest BCUT2D eigenvalue weighted by Gasteiger charge is 2.55. The highest BCUT2D eigenvalue weighted by atomic mass is 16.8. The molecule has 2 saturated heterocycles. The number of carbonyl (C=O) groups excluding carboxylic acids is 6. The summed E-state index contributed by atoms with van der Waals surface area (Å²) < 4.78 is 48.9. The van der Waals surface area contributed by atoms with Crippen molar-refractivity contribution in [2.45, 2.75) is 103 Å². The molecule has 16 nitrogen and oxygen atoms in total. The molecule has 0 aromatic rings. The third-order valence-electron chi connectivity index (χ3n) is 5.51. The fourth-order valence-corrected chi connectivity index (χ4v) is 4.20. The molecule has 9 atom stereocenters. The van der Waals surface area contributed by atoms with E-state index in [-0.39, 0.29) is 6.42 Å². The lowest BCUT2D eigenvalue weighted by Crippen LogP contribution is -2.65. The van der Waals surface area contributed by atoms with Gasteiger partial charge in [0.05, 0.1) is 0 Å². The normalized spacial score (nSPS) is 31.7. The molecule has 0 saturated carbocycles. The number of carbonyl (C=O) groups is 6. The van der Waals surface area contributed by atoms with Gasteiger partial charge in [0, 0.05) is 48.0 Å². The number of ether oxygens (including phenoxy) is 9. The number of esters is 6. The van der Waals surface area contributed by atoms with E-state index in [1.807, 2.05) is 0 Å². The molecule has 0 aromatic heterocycles.